The Labute approximate surface area is 201 Å². The summed E-state index contributed by atoms with van der Waals surface area (Å²) < 4.78 is 0. The molecule has 0 radical (unpaired) electrons. The van der Waals surface area contributed by atoms with Crippen LogP contribution in [0.25, 0.3) is 0 Å². The lowest BCUT2D eigenvalue weighted by Gasteiger charge is -2.40. The van der Waals surface area contributed by atoms with Gasteiger partial charge in [0.25, 0.3) is 0 Å². The lowest BCUT2D eigenvalue weighted by atomic mass is 9.79. The van der Waals surface area contributed by atoms with E-state index in [4.69, 9.17) is 0 Å². The van der Waals surface area contributed by atoms with Crippen molar-refractivity contribution in [2.24, 2.45) is 16.8 Å². The van der Waals surface area contributed by atoms with Gasteiger partial charge in [0.2, 0.25) is 0 Å². The minimum absolute atomic E-state index is 0. The lowest BCUT2D eigenvalue weighted by Crippen LogP contribution is -2.50. The number of piperazine rings is 1. The largest absolute Gasteiger partial charge is 0.356 e. The summed E-state index contributed by atoms with van der Waals surface area (Å²) in [6.45, 7) is 13.8. The van der Waals surface area contributed by atoms with Crippen molar-refractivity contribution < 1.29 is 0 Å². The van der Waals surface area contributed by atoms with Crippen LogP contribution in [0.1, 0.15) is 38.2 Å². The second-order valence-electron chi connectivity index (χ2n) is 9.06. The first-order valence-electron chi connectivity index (χ1n) is 11.5. The maximum atomic E-state index is 4.62. The highest BCUT2D eigenvalue weighted by Crippen LogP contribution is 2.34. The fourth-order valence-electron chi connectivity index (χ4n) is 4.91. The lowest BCUT2D eigenvalue weighted by molar-refractivity contribution is 0.139. The number of aliphatic imine (C=N–C) groups is 1. The molecule has 2 aliphatic heterocycles. The van der Waals surface area contributed by atoms with Gasteiger partial charge in [-0.05, 0) is 36.8 Å². The fourth-order valence-corrected chi connectivity index (χ4v) is 4.91. The van der Waals surface area contributed by atoms with E-state index in [-0.39, 0.29) is 24.0 Å². The van der Waals surface area contributed by atoms with E-state index >= 15 is 0 Å². The first-order chi connectivity index (χ1) is 14.1. The van der Waals surface area contributed by atoms with Crippen LogP contribution in [0, 0.1) is 11.8 Å². The molecule has 0 amide bonds. The molecule has 1 aromatic rings. The van der Waals surface area contributed by atoms with Crippen molar-refractivity contribution in [2.45, 2.75) is 32.6 Å². The molecule has 2 heterocycles. The van der Waals surface area contributed by atoms with Crippen LogP contribution < -0.4 is 5.32 Å². The Bertz CT molecular complexity index is 630. The van der Waals surface area contributed by atoms with Gasteiger partial charge in [0.05, 0.1) is 0 Å². The van der Waals surface area contributed by atoms with Gasteiger partial charge >= 0.3 is 0 Å². The molecule has 2 saturated heterocycles. The molecule has 0 saturated carbocycles. The van der Waals surface area contributed by atoms with Gasteiger partial charge in [-0.1, -0.05) is 50.6 Å². The predicted molar refractivity (Wildman–Crippen MR) is 139 cm³/mol. The van der Waals surface area contributed by atoms with E-state index in [9.17, 15) is 0 Å². The predicted octanol–water partition coefficient (Wildman–Crippen LogP) is 3.58. The van der Waals surface area contributed by atoms with Gasteiger partial charge < -0.3 is 20.0 Å². The van der Waals surface area contributed by atoms with Crippen LogP contribution in [0.3, 0.4) is 0 Å². The summed E-state index contributed by atoms with van der Waals surface area (Å²) in [5.41, 5.74) is 1.50. The van der Waals surface area contributed by atoms with Gasteiger partial charge in [0.15, 0.2) is 5.96 Å². The highest BCUT2D eigenvalue weighted by atomic mass is 127. The topological polar surface area (TPSA) is 34.1 Å². The van der Waals surface area contributed by atoms with Crippen molar-refractivity contribution in [3.8, 4) is 0 Å². The average molecular weight is 528 g/mol. The molecule has 2 fully saturated rings. The summed E-state index contributed by atoms with van der Waals surface area (Å²) in [4.78, 5) is 12.1. The third-order valence-corrected chi connectivity index (χ3v) is 6.77. The second kappa shape index (κ2) is 12.9. The van der Waals surface area contributed by atoms with Gasteiger partial charge in [-0.25, -0.2) is 0 Å². The number of hydrogen-bond donors (Lipinski definition) is 1. The van der Waals surface area contributed by atoms with Gasteiger partial charge in [0.1, 0.15) is 0 Å². The zero-order valence-electron chi connectivity index (χ0n) is 19.4. The molecule has 0 spiro atoms. The van der Waals surface area contributed by atoms with E-state index in [0.717, 1.165) is 25.6 Å². The Morgan fingerprint density at radius 1 is 1.13 bits per heavy atom. The second-order valence-corrected chi connectivity index (χ2v) is 9.06. The Hall–Kier alpha value is -0.860. The van der Waals surface area contributed by atoms with Crippen LogP contribution in [0.15, 0.2) is 35.3 Å². The molecule has 0 aromatic heterocycles. The summed E-state index contributed by atoms with van der Waals surface area (Å²) in [5, 5.41) is 3.68. The number of nitrogens with one attached hydrogen (secondary N) is 1. The quantitative estimate of drug-likeness (QED) is 0.349. The zero-order chi connectivity index (χ0) is 20.6. The number of halogens is 1. The van der Waals surface area contributed by atoms with Gasteiger partial charge in [-0.3, -0.25) is 4.99 Å². The molecule has 0 bridgehead atoms. The number of piperidine rings is 1. The molecule has 6 heteroatoms. The number of likely N-dealkylation sites (N-methyl/N-ethyl adjacent to an activating group) is 1. The van der Waals surface area contributed by atoms with Gasteiger partial charge in [-0.2, -0.15) is 0 Å². The van der Waals surface area contributed by atoms with Gasteiger partial charge in [0, 0.05) is 59.4 Å². The van der Waals surface area contributed by atoms with E-state index in [1.165, 1.54) is 51.1 Å². The molecule has 170 valence electrons. The third-order valence-electron chi connectivity index (χ3n) is 6.77. The minimum Gasteiger partial charge on any atom is -0.356 e. The van der Waals surface area contributed by atoms with Crippen LogP contribution in [0.5, 0.6) is 0 Å². The molecule has 3 unspecified atom stereocenters. The van der Waals surface area contributed by atoms with E-state index in [1.807, 2.05) is 7.05 Å². The van der Waals surface area contributed by atoms with Crippen LogP contribution in [-0.2, 0) is 0 Å². The molecule has 30 heavy (non-hydrogen) atoms. The number of rotatable bonds is 6. The Morgan fingerprint density at radius 3 is 2.47 bits per heavy atom. The smallest absolute Gasteiger partial charge is 0.193 e. The summed E-state index contributed by atoms with van der Waals surface area (Å²) in [5.74, 6) is 3.07. The van der Waals surface area contributed by atoms with Crippen molar-refractivity contribution in [3.63, 3.8) is 0 Å². The molecular formula is C24H42IN5. The summed E-state index contributed by atoms with van der Waals surface area (Å²) in [6.07, 6.45) is 2.42. The number of nitrogens with zero attached hydrogens (tertiary/aromatic N) is 4. The van der Waals surface area contributed by atoms with Crippen molar-refractivity contribution in [2.75, 3.05) is 66.5 Å². The fraction of sp³-hybridized carbons (Fsp3) is 0.708. The Morgan fingerprint density at radius 2 is 1.83 bits per heavy atom. The van der Waals surface area contributed by atoms with Gasteiger partial charge in [-0.15, -0.1) is 24.0 Å². The molecule has 3 rings (SSSR count). The number of guanidine groups is 1. The van der Waals surface area contributed by atoms with Crippen molar-refractivity contribution in [1.29, 1.82) is 0 Å². The molecule has 2 aliphatic rings. The normalized spacial score (nSPS) is 24.9. The number of likely N-dealkylation sites (tertiary alicyclic amines) is 1. The average Bonchev–Trinajstić information content (AvgIpc) is 2.76. The standard InChI is InChI=1S/C24H41N5.HI/c1-5-21-19-29(12-11-23(21)22-9-7-6-8-10-22)24(25-3)26-17-20(2)18-28-15-13-27(4)14-16-28;/h6-10,20-21,23H,5,11-19H2,1-4H3,(H,25,26);1H. The number of benzene rings is 1. The van der Waals surface area contributed by atoms with E-state index in [1.54, 1.807) is 0 Å². The van der Waals surface area contributed by atoms with Crippen LogP contribution >= 0.6 is 24.0 Å². The van der Waals surface area contributed by atoms with Crippen molar-refractivity contribution in [1.82, 2.24) is 20.0 Å². The van der Waals surface area contributed by atoms with E-state index in [0.29, 0.717) is 17.8 Å². The Kier molecular flexibility index (Phi) is 10.9. The van der Waals surface area contributed by atoms with Crippen LogP contribution in [0.4, 0.5) is 0 Å². The van der Waals surface area contributed by atoms with Crippen LogP contribution in [-0.4, -0.2) is 87.1 Å². The number of hydrogen-bond acceptors (Lipinski definition) is 3. The SMILES string of the molecule is CCC1CN(C(=NC)NCC(C)CN2CCN(C)CC2)CCC1c1ccccc1.I. The zero-order valence-corrected chi connectivity index (χ0v) is 21.7. The summed E-state index contributed by atoms with van der Waals surface area (Å²) >= 11 is 0. The maximum absolute atomic E-state index is 4.62. The molecule has 5 nitrogen and oxygen atoms in total. The van der Waals surface area contributed by atoms with E-state index in [2.05, 4.69) is 76.2 Å². The molecule has 3 atom stereocenters. The summed E-state index contributed by atoms with van der Waals surface area (Å²) in [6, 6.07) is 11.1. The van der Waals surface area contributed by atoms with Crippen LogP contribution in [0.2, 0.25) is 0 Å². The highest BCUT2D eigenvalue weighted by Gasteiger charge is 2.30. The first-order valence-corrected chi connectivity index (χ1v) is 11.5. The minimum atomic E-state index is 0. The highest BCUT2D eigenvalue weighted by molar-refractivity contribution is 14.0. The van der Waals surface area contributed by atoms with Crippen molar-refractivity contribution >= 4 is 29.9 Å². The molecular weight excluding hydrogens is 485 g/mol. The van der Waals surface area contributed by atoms with Crippen molar-refractivity contribution in [3.05, 3.63) is 35.9 Å². The third kappa shape index (κ3) is 7.09. The monoisotopic (exact) mass is 527 g/mol. The summed E-state index contributed by atoms with van der Waals surface area (Å²) in [7, 11) is 4.15. The molecule has 1 aromatic carbocycles. The molecule has 0 aliphatic carbocycles. The van der Waals surface area contributed by atoms with E-state index < -0.39 is 0 Å². The Balaban J connectivity index is 0.00000320. The first kappa shape index (κ1) is 25.4. The molecule has 1 N–H and O–H groups in total. The maximum Gasteiger partial charge on any atom is 0.193 e.